The zero-order chi connectivity index (χ0) is 19.9. The van der Waals surface area contributed by atoms with Crippen molar-refractivity contribution in [3.8, 4) is 0 Å². The molecule has 5 nitrogen and oxygen atoms in total. The summed E-state index contributed by atoms with van der Waals surface area (Å²) in [5.41, 5.74) is 3.76. The first-order chi connectivity index (χ1) is 12.8. The molecule has 6 heteroatoms. The molecule has 1 amide bonds. The summed E-state index contributed by atoms with van der Waals surface area (Å²) < 4.78 is 25.8. The van der Waals surface area contributed by atoms with Gasteiger partial charge in [-0.3, -0.25) is 9.10 Å². The van der Waals surface area contributed by atoms with E-state index in [0.717, 1.165) is 17.5 Å². The van der Waals surface area contributed by atoms with Crippen LogP contribution in [-0.2, 0) is 21.2 Å². The van der Waals surface area contributed by atoms with Crippen molar-refractivity contribution in [1.82, 2.24) is 5.32 Å². The third-order valence-electron chi connectivity index (χ3n) is 4.38. The van der Waals surface area contributed by atoms with E-state index in [2.05, 4.69) is 5.32 Å². The minimum atomic E-state index is -3.41. The van der Waals surface area contributed by atoms with E-state index in [1.54, 1.807) is 0 Å². The first kappa shape index (κ1) is 21.0. The first-order valence-corrected chi connectivity index (χ1v) is 11.0. The third kappa shape index (κ3) is 6.71. The van der Waals surface area contributed by atoms with Crippen LogP contribution in [-0.4, -0.2) is 33.7 Å². The summed E-state index contributed by atoms with van der Waals surface area (Å²) in [4.78, 5) is 12.0. The molecule has 2 rings (SSSR count). The Hall–Kier alpha value is -2.34. The Labute approximate surface area is 162 Å². The van der Waals surface area contributed by atoms with E-state index >= 15 is 0 Å². The van der Waals surface area contributed by atoms with Crippen molar-refractivity contribution < 1.29 is 13.2 Å². The molecular formula is C21H28N2O3S. The Morgan fingerprint density at radius 3 is 2.44 bits per heavy atom. The highest BCUT2D eigenvalue weighted by Gasteiger charge is 2.19. The molecule has 0 unspecified atom stereocenters. The van der Waals surface area contributed by atoms with Crippen LogP contribution in [0.5, 0.6) is 0 Å². The molecule has 0 aliphatic carbocycles. The van der Waals surface area contributed by atoms with Crippen molar-refractivity contribution in [2.75, 3.05) is 23.7 Å². The van der Waals surface area contributed by atoms with Crippen molar-refractivity contribution in [3.05, 3.63) is 65.2 Å². The molecule has 0 fully saturated rings. The molecule has 0 aliphatic heterocycles. The molecule has 146 valence electrons. The Morgan fingerprint density at radius 2 is 1.78 bits per heavy atom. The lowest BCUT2D eigenvalue weighted by molar-refractivity contribution is -0.121. The summed E-state index contributed by atoms with van der Waals surface area (Å²) in [7, 11) is -3.41. The predicted octanol–water partition coefficient (Wildman–Crippen LogP) is 3.21. The van der Waals surface area contributed by atoms with Gasteiger partial charge >= 0.3 is 0 Å². The first-order valence-electron chi connectivity index (χ1n) is 9.13. The number of benzene rings is 2. The van der Waals surface area contributed by atoms with Crippen LogP contribution in [0.3, 0.4) is 0 Å². The molecule has 0 aliphatic rings. The number of carbonyl (C=O) groups is 1. The molecule has 0 spiro atoms. The Morgan fingerprint density at radius 1 is 1.07 bits per heavy atom. The molecule has 27 heavy (non-hydrogen) atoms. The zero-order valence-corrected chi connectivity index (χ0v) is 17.1. The molecule has 2 aromatic rings. The van der Waals surface area contributed by atoms with Gasteiger partial charge in [0, 0.05) is 19.5 Å². The second-order valence-corrected chi connectivity index (χ2v) is 8.72. The second-order valence-electron chi connectivity index (χ2n) is 6.81. The lowest BCUT2D eigenvalue weighted by atomic mass is 10.1. The normalized spacial score (nSPS) is 11.2. The molecule has 0 saturated carbocycles. The number of hydrogen-bond acceptors (Lipinski definition) is 3. The maximum atomic E-state index is 12.2. The van der Waals surface area contributed by atoms with Gasteiger partial charge in [0.1, 0.15) is 0 Å². The molecule has 0 bridgehead atoms. The van der Waals surface area contributed by atoms with Gasteiger partial charge in [0.05, 0.1) is 11.9 Å². The lowest BCUT2D eigenvalue weighted by Crippen LogP contribution is -2.33. The number of amides is 1. The highest BCUT2D eigenvalue weighted by Crippen LogP contribution is 2.24. The highest BCUT2D eigenvalue weighted by molar-refractivity contribution is 7.92. The van der Waals surface area contributed by atoms with Gasteiger partial charge in [0.15, 0.2) is 0 Å². The van der Waals surface area contributed by atoms with Gasteiger partial charge < -0.3 is 5.32 Å². The van der Waals surface area contributed by atoms with Crippen LogP contribution in [0, 0.1) is 13.8 Å². The van der Waals surface area contributed by atoms with Crippen molar-refractivity contribution >= 4 is 21.6 Å². The number of sulfonamides is 1. The molecular weight excluding hydrogens is 360 g/mol. The van der Waals surface area contributed by atoms with Crippen LogP contribution in [0.2, 0.25) is 0 Å². The van der Waals surface area contributed by atoms with Crippen LogP contribution in [0.25, 0.3) is 0 Å². The SMILES string of the molecule is Cc1ccc(C)c(N(CCCC(=O)NCCc2ccccc2)S(C)(=O)=O)c1. The molecule has 2 aromatic carbocycles. The number of carbonyl (C=O) groups excluding carboxylic acids is 1. The topological polar surface area (TPSA) is 66.5 Å². The minimum Gasteiger partial charge on any atom is -0.356 e. The molecule has 0 heterocycles. The van der Waals surface area contributed by atoms with Crippen molar-refractivity contribution in [3.63, 3.8) is 0 Å². The van der Waals surface area contributed by atoms with Gasteiger partial charge in [0.25, 0.3) is 0 Å². The molecule has 0 aromatic heterocycles. The van der Waals surface area contributed by atoms with E-state index in [1.807, 2.05) is 62.4 Å². The number of anilines is 1. The fourth-order valence-electron chi connectivity index (χ4n) is 2.92. The lowest BCUT2D eigenvalue weighted by Gasteiger charge is -2.24. The summed E-state index contributed by atoms with van der Waals surface area (Å²) in [6, 6.07) is 15.7. The third-order valence-corrected chi connectivity index (χ3v) is 5.56. The number of nitrogens with zero attached hydrogens (tertiary/aromatic N) is 1. The van der Waals surface area contributed by atoms with Crippen LogP contribution >= 0.6 is 0 Å². The van der Waals surface area contributed by atoms with Gasteiger partial charge in [-0.05, 0) is 49.4 Å². The number of nitrogens with one attached hydrogen (secondary N) is 1. The number of aryl methyl sites for hydroxylation is 2. The quantitative estimate of drug-likeness (QED) is 0.717. The minimum absolute atomic E-state index is 0.0552. The van der Waals surface area contributed by atoms with Gasteiger partial charge in [-0.2, -0.15) is 0 Å². The molecule has 0 radical (unpaired) electrons. The van der Waals surface area contributed by atoms with Crippen molar-refractivity contribution in [2.45, 2.75) is 33.1 Å². The van der Waals surface area contributed by atoms with Crippen LogP contribution < -0.4 is 9.62 Å². The maximum Gasteiger partial charge on any atom is 0.232 e. The van der Waals surface area contributed by atoms with Crippen LogP contribution in [0.15, 0.2) is 48.5 Å². The Kier molecular flexibility index (Phi) is 7.42. The Balaban J connectivity index is 1.86. The van der Waals surface area contributed by atoms with E-state index in [1.165, 1.54) is 16.1 Å². The summed E-state index contributed by atoms with van der Waals surface area (Å²) in [5.74, 6) is -0.0552. The fraction of sp³-hybridized carbons (Fsp3) is 0.381. The van der Waals surface area contributed by atoms with Crippen LogP contribution in [0.4, 0.5) is 5.69 Å². The van der Waals surface area contributed by atoms with E-state index in [-0.39, 0.29) is 12.5 Å². The average molecular weight is 389 g/mol. The summed E-state index contributed by atoms with van der Waals surface area (Å²) in [6.07, 6.45) is 2.75. The second kappa shape index (κ2) is 9.55. The summed E-state index contributed by atoms with van der Waals surface area (Å²) in [5, 5.41) is 2.90. The standard InChI is InChI=1S/C21H28N2O3S/c1-17-11-12-18(2)20(16-17)23(27(3,25)26)15-7-10-21(24)22-14-13-19-8-5-4-6-9-19/h4-6,8-9,11-12,16H,7,10,13-15H2,1-3H3,(H,22,24). The van der Waals surface area contributed by atoms with E-state index in [0.29, 0.717) is 25.1 Å². The highest BCUT2D eigenvalue weighted by atomic mass is 32.2. The predicted molar refractivity (Wildman–Crippen MR) is 110 cm³/mol. The zero-order valence-electron chi connectivity index (χ0n) is 16.2. The number of rotatable bonds is 9. The maximum absolute atomic E-state index is 12.2. The van der Waals surface area contributed by atoms with E-state index in [4.69, 9.17) is 0 Å². The number of hydrogen-bond donors (Lipinski definition) is 1. The Bertz CT molecular complexity index is 864. The smallest absolute Gasteiger partial charge is 0.232 e. The van der Waals surface area contributed by atoms with Crippen LogP contribution in [0.1, 0.15) is 29.5 Å². The van der Waals surface area contributed by atoms with Gasteiger partial charge in [0.2, 0.25) is 15.9 Å². The van der Waals surface area contributed by atoms with Gasteiger partial charge in [-0.25, -0.2) is 8.42 Å². The van der Waals surface area contributed by atoms with Crippen molar-refractivity contribution in [2.24, 2.45) is 0 Å². The summed E-state index contributed by atoms with van der Waals surface area (Å²) >= 11 is 0. The molecule has 0 saturated heterocycles. The molecule has 1 N–H and O–H groups in total. The van der Waals surface area contributed by atoms with E-state index < -0.39 is 10.0 Å². The average Bonchev–Trinajstić information content (AvgIpc) is 2.61. The van der Waals surface area contributed by atoms with Crippen molar-refractivity contribution in [1.29, 1.82) is 0 Å². The van der Waals surface area contributed by atoms with Gasteiger partial charge in [-0.1, -0.05) is 42.5 Å². The van der Waals surface area contributed by atoms with E-state index in [9.17, 15) is 13.2 Å². The largest absolute Gasteiger partial charge is 0.356 e. The monoisotopic (exact) mass is 388 g/mol. The summed E-state index contributed by atoms with van der Waals surface area (Å²) in [6.45, 7) is 4.69. The van der Waals surface area contributed by atoms with Gasteiger partial charge in [-0.15, -0.1) is 0 Å². The molecule has 0 atom stereocenters. The fourth-order valence-corrected chi connectivity index (χ4v) is 3.93.